The van der Waals surface area contributed by atoms with Crippen molar-refractivity contribution in [1.82, 2.24) is 0 Å². The van der Waals surface area contributed by atoms with Gasteiger partial charge in [0.05, 0.1) is 16.1 Å². The lowest BCUT2D eigenvalue weighted by atomic mass is 9.98. The highest BCUT2D eigenvalue weighted by molar-refractivity contribution is 7.92. The lowest BCUT2D eigenvalue weighted by Gasteiger charge is -2.46. The van der Waals surface area contributed by atoms with Gasteiger partial charge in [-0.25, -0.2) is 8.42 Å². The van der Waals surface area contributed by atoms with Crippen LogP contribution in [0.5, 0.6) is 0 Å². The molecule has 1 N–H and O–H groups in total. The lowest BCUT2D eigenvalue weighted by Crippen LogP contribution is -2.49. The molecule has 0 unspecified atom stereocenters. The zero-order valence-corrected chi connectivity index (χ0v) is 26.4. The predicted molar refractivity (Wildman–Crippen MR) is 178 cm³/mol. The maximum absolute atomic E-state index is 14.6. The van der Waals surface area contributed by atoms with Crippen LogP contribution in [0.4, 0.5) is 17.1 Å². The van der Waals surface area contributed by atoms with E-state index >= 15 is 0 Å². The molecular formula is C35H29Cl2N3O3S. The van der Waals surface area contributed by atoms with Crippen LogP contribution >= 0.6 is 23.2 Å². The molecule has 5 aromatic carbocycles. The summed E-state index contributed by atoms with van der Waals surface area (Å²) in [6.45, 7) is 4.29. The number of nitrogens with one attached hydrogen (secondary N) is 1. The number of anilines is 3. The number of hydrogen-bond acceptors (Lipinski definition) is 4. The van der Waals surface area contributed by atoms with Crippen molar-refractivity contribution in [3.8, 4) is 0 Å². The molecule has 1 amide bonds. The standard InChI is InChI=1S/C35H29Cl2N3O3S/c1-23-11-15-26(16-12-23)38-44(42,43)28-19-20-32-29(21-28)35(41)40(27-17-13-24(2)14-18-27)34(33-30(36)9-6-10-31(33)37)39(32)22-25-7-4-3-5-8-25/h3-21,34,38H,22H2,1-2H3/t34-/m1/s1. The second-order valence-electron chi connectivity index (χ2n) is 10.8. The molecule has 44 heavy (non-hydrogen) atoms. The molecule has 0 saturated carbocycles. The van der Waals surface area contributed by atoms with E-state index in [9.17, 15) is 13.2 Å². The average molecular weight is 643 g/mol. The molecule has 0 radical (unpaired) electrons. The van der Waals surface area contributed by atoms with E-state index in [2.05, 4.69) is 4.72 Å². The first kappa shape index (κ1) is 29.8. The van der Waals surface area contributed by atoms with Crippen LogP contribution in [-0.2, 0) is 16.6 Å². The Kier molecular flexibility index (Phi) is 8.12. The van der Waals surface area contributed by atoms with E-state index in [0.29, 0.717) is 39.2 Å². The first-order valence-electron chi connectivity index (χ1n) is 14.0. The first-order valence-corrected chi connectivity index (χ1v) is 16.2. The molecule has 6 rings (SSSR count). The topological polar surface area (TPSA) is 69.7 Å². The zero-order chi connectivity index (χ0) is 31.0. The number of hydrogen-bond donors (Lipinski definition) is 1. The fourth-order valence-corrected chi connectivity index (χ4v) is 7.09. The number of sulfonamides is 1. The van der Waals surface area contributed by atoms with Crippen molar-refractivity contribution in [2.24, 2.45) is 0 Å². The van der Waals surface area contributed by atoms with Gasteiger partial charge in [-0.1, -0.05) is 95.0 Å². The minimum absolute atomic E-state index is 0.0251. The van der Waals surface area contributed by atoms with Crippen molar-refractivity contribution >= 4 is 56.2 Å². The fourth-order valence-electron chi connectivity index (χ4n) is 5.41. The molecule has 5 aromatic rings. The number of amides is 1. The maximum Gasteiger partial charge on any atom is 0.262 e. The van der Waals surface area contributed by atoms with E-state index in [-0.39, 0.29) is 16.4 Å². The van der Waals surface area contributed by atoms with Crippen molar-refractivity contribution in [2.75, 3.05) is 14.5 Å². The van der Waals surface area contributed by atoms with Gasteiger partial charge in [-0.3, -0.25) is 14.4 Å². The van der Waals surface area contributed by atoms with Gasteiger partial charge in [0.25, 0.3) is 15.9 Å². The normalized spacial score (nSPS) is 14.8. The number of carbonyl (C=O) groups is 1. The van der Waals surface area contributed by atoms with Crippen molar-refractivity contribution in [2.45, 2.75) is 31.5 Å². The summed E-state index contributed by atoms with van der Waals surface area (Å²) in [7, 11) is -4.01. The van der Waals surface area contributed by atoms with Crippen LogP contribution in [0.2, 0.25) is 10.0 Å². The number of nitrogens with zero attached hydrogens (tertiary/aromatic N) is 2. The van der Waals surface area contributed by atoms with E-state index in [1.54, 1.807) is 41.3 Å². The van der Waals surface area contributed by atoms with Gasteiger partial charge in [0, 0.05) is 33.5 Å². The van der Waals surface area contributed by atoms with Crippen LogP contribution in [0.3, 0.4) is 0 Å². The summed E-state index contributed by atoms with van der Waals surface area (Å²) in [5.41, 5.74) is 5.46. The van der Waals surface area contributed by atoms with Crippen molar-refractivity contribution in [3.63, 3.8) is 0 Å². The summed E-state index contributed by atoms with van der Waals surface area (Å²) in [5, 5.41) is 0.825. The number of halogens is 2. The number of rotatable bonds is 7. The maximum atomic E-state index is 14.6. The van der Waals surface area contributed by atoms with E-state index in [0.717, 1.165) is 16.7 Å². The van der Waals surface area contributed by atoms with Gasteiger partial charge >= 0.3 is 0 Å². The smallest absolute Gasteiger partial charge is 0.262 e. The molecular weight excluding hydrogens is 613 g/mol. The Labute approximate surface area is 267 Å². The summed E-state index contributed by atoms with van der Waals surface area (Å²) in [6.07, 6.45) is -0.729. The van der Waals surface area contributed by atoms with Crippen molar-refractivity contribution < 1.29 is 13.2 Å². The number of fused-ring (bicyclic) bond motifs is 1. The largest absolute Gasteiger partial charge is 0.342 e. The molecule has 9 heteroatoms. The van der Waals surface area contributed by atoms with E-state index in [1.165, 1.54) is 12.1 Å². The molecule has 1 atom stereocenters. The zero-order valence-electron chi connectivity index (χ0n) is 24.0. The Balaban J connectivity index is 1.55. The highest BCUT2D eigenvalue weighted by Crippen LogP contribution is 2.46. The third-order valence-electron chi connectivity index (χ3n) is 7.65. The Bertz CT molecular complexity index is 1930. The summed E-state index contributed by atoms with van der Waals surface area (Å²) >= 11 is 13.6. The third-order valence-corrected chi connectivity index (χ3v) is 9.68. The van der Waals surface area contributed by atoms with Gasteiger partial charge in [-0.05, 0) is 74.0 Å². The number of carbonyl (C=O) groups excluding carboxylic acids is 1. The summed E-state index contributed by atoms with van der Waals surface area (Å²) in [6, 6.07) is 34.4. The van der Waals surface area contributed by atoms with Crippen LogP contribution in [0, 0.1) is 13.8 Å². The molecule has 0 bridgehead atoms. The van der Waals surface area contributed by atoms with Crippen LogP contribution in [-0.4, -0.2) is 14.3 Å². The van der Waals surface area contributed by atoms with Gasteiger partial charge in [-0.2, -0.15) is 0 Å². The number of aryl methyl sites for hydroxylation is 2. The molecule has 0 fully saturated rings. The van der Waals surface area contributed by atoms with E-state index in [1.807, 2.05) is 85.5 Å². The molecule has 0 aliphatic carbocycles. The molecule has 0 spiro atoms. The molecule has 0 aromatic heterocycles. The van der Waals surface area contributed by atoms with E-state index < -0.39 is 16.2 Å². The SMILES string of the molecule is Cc1ccc(NS(=O)(=O)c2ccc3c(c2)C(=O)N(c2ccc(C)cc2)[C@H](c2c(Cl)cccc2Cl)N3Cc2ccccc2)cc1. The van der Waals surface area contributed by atoms with Gasteiger partial charge in [-0.15, -0.1) is 0 Å². The summed E-state index contributed by atoms with van der Waals surface area (Å²) in [5.74, 6) is -0.374. The Morgan fingerprint density at radius 3 is 2.00 bits per heavy atom. The van der Waals surface area contributed by atoms with Gasteiger partial charge in [0.1, 0.15) is 6.17 Å². The van der Waals surface area contributed by atoms with Crippen LogP contribution in [0.15, 0.2) is 120 Å². The molecule has 0 saturated heterocycles. The van der Waals surface area contributed by atoms with Crippen LogP contribution in [0.25, 0.3) is 0 Å². The first-order chi connectivity index (χ1) is 21.1. The van der Waals surface area contributed by atoms with Crippen molar-refractivity contribution in [1.29, 1.82) is 0 Å². The highest BCUT2D eigenvalue weighted by Gasteiger charge is 2.42. The lowest BCUT2D eigenvalue weighted by molar-refractivity contribution is 0.0968. The molecule has 222 valence electrons. The Morgan fingerprint density at radius 2 is 1.36 bits per heavy atom. The van der Waals surface area contributed by atoms with Crippen LogP contribution in [0.1, 0.15) is 38.8 Å². The second kappa shape index (κ2) is 12.0. The predicted octanol–water partition coefficient (Wildman–Crippen LogP) is 8.78. The van der Waals surface area contributed by atoms with E-state index in [4.69, 9.17) is 23.2 Å². The minimum Gasteiger partial charge on any atom is -0.342 e. The highest BCUT2D eigenvalue weighted by atomic mass is 35.5. The van der Waals surface area contributed by atoms with Gasteiger partial charge < -0.3 is 4.90 Å². The Morgan fingerprint density at radius 1 is 0.750 bits per heavy atom. The van der Waals surface area contributed by atoms with Crippen LogP contribution < -0.4 is 14.5 Å². The minimum atomic E-state index is -4.01. The fraction of sp³-hybridized carbons (Fsp3) is 0.114. The molecule has 6 nitrogen and oxygen atoms in total. The Hall–Kier alpha value is -4.30. The van der Waals surface area contributed by atoms with Gasteiger partial charge in [0.15, 0.2) is 0 Å². The molecule has 1 heterocycles. The monoisotopic (exact) mass is 641 g/mol. The second-order valence-corrected chi connectivity index (χ2v) is 13.3. The quantitative estimate of drug-likeness (QED) is 0.193. The third kappa shape index (κ3) is 5.78. The van der Waals surface area contributed by atoms with Gasteiger partial charge in [0.2, 0.25) is 0 Å². The summed E-state index contributed by atoms with van der Waals surface area (Å²) < 4.78 is 29.7. The molecule has 1 aliphatic rings. The average Bonchev–Trinajstić information content (AvgIpc) is 3.01. The number of benzene rings is 5. The van der Waals surface area contributed by atoms with Crippen molar-refractivity contribution in [3.05, 3.63) is 153 Å². The molecule has 1 aliphatic heterocycles. The summed E-state index contributed by atoms with van der Waals surface area (Å²) in [4.78, 5) is 18.2.